The molecule has 3 fully saturated rings. The van der Waals surface area contributed by atoms with Crippen molar-refractivity contribution in [1.29, 1.82) is 0 Å². The highest BCUT2D eigenvalue weighted by molar-refractivity contribution is 6.77. The summed E-state index contributed by atoms with van der Waals surface area (Å²) in [6.45, 7) is 1.86. The largest absolute Gasteiger partial charge is 0.413 e. The lowest BCUT2D eigenvalue weighted by Gasteiger charge is -2.41. The van der Waals surface area contributed by atoms with Crippen LogP contribution in [-0.2, 0) is 18.6 Å². The van der Waals surface area contributed by atoms with Gasteiger partial charge in [-0.1, -0.05) is 0 Å². The second-order valence-electron chi connectivity index (χ2n) is 6.18. The summed E-state index contributed by atoms with van der Waals surface area (Å²) < 4.78 is 21.1. The Labute approximate surface area is 124 Å². The van der Waals surface area contributed by atoms with Gasteiger partial charge in [-0.2, -0.15) is 0 Å². The van der Waals surface area contributed by atoms with Gasteiger partial charge in [0.05, 0.1) is 55.3 Å². The maximum Gasteiger partial charge on any atom is 0.276 e. The van der Waals surface area contributed by atoms with Crippen molar-refractivity contribution in [2.45, 2.75) is 54.8 Å². The maximum atomic E-state index is 10.6. The SMILES string of the molecule is CO[Si](C(O)CC1CO1)(C(O)CC1CO1)C(O)CC1CO1. The Balaban J connectivity index is 1.73. The highest BCUT2D eigenvalue weighted by Crippen LogP contribution is 2.33. The van der Waals surface area contributed by atoms with Crippen LogP contribution in [0.15, 0.2) is 0 Å². The average Bonchev–Trinajstić information content (AvgIpc) is 3.23. The van der Waals surface area contributed by atoms with Crippen LogP contribution in [0.25, 0.3) is 0 Å². The van der Waals surface area contributed by atoms with Crippen LogP contribution >= 0.6 is 0 Å². The molecule has 8 heteroatoms. The van der Waals surface area contributed by atoms with E-state index in [1.165, 1.54) is 7.11 Å². The van der Waals surface area contributed by atoms with E-state index in [0.717, 1.165) is 0 Å². The number of epoxide rings is 3. The van der Waals surface area contributed by atoms with Crippen molar-refractivity contribution in [2.24, 2.45) is 0 Å². The lowest BCUT2D eigenvalue weighted by atomic mass is 10.3. The molecule has 0 aromatic heterocycles. The van der Waals surface area contributed by atoms with Gasteiger partial charge in [0.1, 0.15) is 0 Å². The number of rotatable bonds is 10. The minimum Gasteiger partial charge on any atom is -0.413 e. The van der Waals surface area contributed by atoms with E-state index in [1.807, 2.05) is 0 Å². The molecular formula is C13H24O7Si. The normalized spacial score (nSPS) is 37.4. The predicted molar refractivity (Wildman–Crippen MR) is 73.9 cm³/mol. The van der Waals surface area contributed by atoms with Gasteiger partial charge >= 0.3 is 0 Å². The third-order valence-corrected chi connectivity index (χ3v) is 9.12. The Bertz CT molecular complexity index is 306. The smallest absolute Gasteiger partial charge is 0.276 e. The third-order valence-electron chi connectivity index (χ3n) is 4.58. The molecule has 6 unspecified atom stereocenters. The van der Waals surface area contributed by atoms with Crippen LogP contribution in [0.5, 0.6) is 0 Å². The molecular weight excluding hydrogens is 296 g/mol. The molecule has 3 heterocycles. The van der Waals surface area contributed by atoms with Crippen LogP contribution in [0.2, 0.25) is 0 Å². The predicted octanol–water partition coefficient (Wildman–Crippen LogP) is -1.35. The van der Waals surface area contributed by atoms with E-state index < -0.39 is 25.5 Å². The lowest BCUT2D eigenvalue weighted by molar-refractivity contribution is 0.0870. The Kier molecular flexibility index (Phi) is 4.68. The van der Waals surface area contributed by atoms with Crippen LogP contribution in [0.1, 0.15) is 19.3 Å². The fourth-order valence-corrected chi connectivity index (χ4v) is 7.03. The fourth-order valence-electron chi connectivity index (χ4n) is 2.99. The van der Waals surface area contributed by atoms with Gasteiger partial charge in [0.15, 0.2) is 0 Å². The number of aliphatic hydroxyl groups is 3. The van der Waals surface area contributed by atoms with Gasteiger partial charge in [0.2, 0.25) is 0 Å². The van der Waals surface area contributed by atoms with Gasteiger partial charge in [-0.25, -0.2) is 0 Å². The van der Waals surface area contributed by atoms with Crippen molar-refractivity contribution in [3.63, 3.8) is 0 Å². The summed E-state index contributed by atoms with van der Waals surface area (Å²) in [6.07, 6.45) is 1.21. The molecule has 3 N–H and O–H groups in total. The van der Waals surface area contributed by atoms with Crippen molar-refractivity contribution < 1.29 is 34.0 Å². The molecule has 3 aliphatic rings. The first-order valence-corrected chi connectivity index (χ1v) is 9.64. The van der Waals surface area contributed by atoms with Gasteiger partial charge < -0.3 is 34.0 Å². The Morgan fingerprint density at radius 2 is 1.14 bits per heavy atom. The molecule has 3 rings (SSSR count). The van der Waals surface area contributed by atoms with Crippen molar-refractivity contribution in [3.8, 4) is 0 Å². The van der Waals surface area contributed by atoms with E-state index in [-0.39, 0.29) is 18.3 Å². The monoisotopic (exact) mass is 320 g/mol. The van der Waals surface area contributed by atoms with Crippen molar-refractivity contribution >= 4 is 8.32 Å². The van der Waals surface area contributed by atoms with Crippen molar-refractivity contribution in [1.82, 2.24) is 0 Å². The number of aliphatic hydroxyl groups excluding tert-OH is 3. The summed E-state index contributed by atoms with van der Waals surface area (Å²) in [5.74, 6) is 0. The number of hydrogen-bond acceptors (Lipinski definition) is 7. The molecule has 0 aromatic rings. The fraction of sp³-hybridized carbons (Fsp3) is 1.00. The Hall–Kier alpha value is -0.0631. The van der Waals surface area contributed by atoms with Crippen LogP contribution in [0, 0.1) is 0 Å². The summed E-state index contributed by atoms with van der Waals surface area (Å²) >= 11 is 0. The Morgan fingerprint density at radius 3 is 1.33 bits per heavy atom. The first-order chi connectivity index (χ1) is 10.1. The van der Waals surface area contributed by atoms with Gasteiger partial charge in [-0.05, 0) is 0 Å². The average molecular weight is 320 g/mol. The minimum absolute atomic E-state index is 0.00998. The molecule has 21 heavy (non-hydrogen) atoms. The van der Waals surface area contributed by atoms with Crippen LogP contribution in [-0.4, -0.2) is 86.1 Å². The van der Waals surface area contributed by atoms with E-state index in [9.17, 15) is 15.3 Å². The van der Waals surface area contributed by atoms with Gasteiger partial charge in [-0.3, -0.25) is 0 Å². The van der Waals surface area contributed by atoms with E-state index in [1.54, 1.807) is 0 Å². The van der Waals surface area contributed by atoms with E-state index in [4.69, 9.17) is 18.6 Å². The lowest BCUT2D eigenvalue weighted by Crippen LogP contribution is -2.68. The molecule has 0 aliphatic carbocycles. The molecule has 0 radical (unpaired) electrons. The van der Waals surface area contributed by atoms with Gasteiger partial charge in [0, 0.05) is 26.4 Å². The summed E-state index contributed by atoms with van der Waals surface area (Å²) in [4.78, 5) is 0. The maximum absolute atomic E-state index is 10.6. The molecule has 3 saturated heterocycles. The van der Waals surface area contributed by atoms with Crippen LogP contribution in [0.4, 0.5) is 0 Å². The molecule has 0 amide bonds. The minimum atomic E-state index is -3.22. The van der Waals surface area contributed by atoms with Gasteiger partial charge in [0.25, 0.3) is 8.32 Å². The summed E-state index contributed by atoms with van der Waals surface area (Å²) in [7, 11) is -1.75. The quantitative estimate of drug-likeness (QED) is 0.337. The zero-order valence-electron chi connectivity index (χ0n) is 12.2. The Morgan fingerprint density at radius 1 is 0.857 bits per heavy atom. The van der Waals surface area contributed by atoms with E-state index >= 15 is 0 Å². The van der Waals surface area contributed by atoms with E-state index in [0.29, 0.717) is 39.1 Å². The topological polar surface area (TPSA) is 108 Å². The first-order valence-electron chi connectivity index (χ1n) is 7.50. The number of ether oxygens (including phenoxy) is 3. The van der Waals surface area contributed by atoms with E-state index in [2.05, 4.69) is 0 Å². The van der Waals surface area contributed by atoms with Gasteiger partial charge in [-0.15, -0.1) is 0 Å². The van der Waals surface area contributed by atoms with Crippen LogP contribution < -0.4 is 0 Å². The molecule has 0 spiro atoms. The summed E-state index contributed by atoms with van der Waals surface area (Å²) in [5.41, 5.74) is -2.63. The third kappa shape index (κ3) is 3.65. The summed E-state index contributed by atoms with van der Waals surface area (Å²) in [6, 6.07) is 0. The van der Waals surface area contributed by atoms with Crippen molar-refractivity contribution in [3.05, 3.63) is 0 Å². The molecule has 6 atom stereocenters. The molecule has 122 valence electrons. The zero-order chi connectivity index (χ0) is 15.0. The second kappa shape index (κ2) is 6.21. The highest BCUT2D eigenvalue weighted by atomic mass is 28.4. The molecule has 3 aliphatic heterocycles. The molecule has 0 saturated carbocycles. The second-order valence-corrected chi connectivity index (χ2v) is 10.3. The highest BCUT2D eigenvalue weighted by Gasteiger charge is 2.57. The molecule has 7 nitrogen and oxygen atoms in total. The zero-order valence-corrected chi connectivity index (χ0v) is 13.2. The standard InChI is InChI=1S/C13H24O7Si/c1-17-21(11(14)2-8-5-18-8,12(15)3-9-6-19-9)13(16)4-10-7-20-10/h8-16H,2-7H2,1H3. The first kappa shape index (κ1) is 15.8. The molecule has 0 aromatic carbocycles. The van der Waals surface area contributed by atoms with Crippen LogP contribution in [0.3, 0.4) is 0 Å². The molecule has 0 bridgehead atoms. The number of hydrogen-bond donors (Lipinski definition) is 3. The summed E-state index contributed by atoms with van der Waals surface area (Å²) in [5, 5.41) is 31.9. The van der Waals surface area contributed by atoms with Crippen molar-refractivity contribution in [2.75, 3.05) is 26.9 Å².